The predicted octanol–water partition coefficient (Wildman–Crippen LogP) is 6.93. The van der Waals surface area contributed by atoms with Crippen molar-refractivity contribution in [2.75, 3.05) is 51.9 Å². The SMILES string of the molecule is COC(=O)OC(=O)[C@@H]1CC[C@]2(NCCN3CCS(=O)(=O)CC3)CC[C@]3(C)[C@H](CC[C@@H]4[C@@]5(C)CC=C(c6ccc(C(=O)OC)cc6)C(C)(C)[C@@H]5CC[C@]43C)[C@@H]12. The zero-order valence-electron chi connectivity index (χ0n) is 33.5. The summed E-state index contributed by atoms with van der Waals surface area (Å²) in [6.45, 7) is 15.1. The second-order valence-corrected chi connectivity index (χ2v) is 21.2. The second-order valence-electron chi connectivity index (χ2n) is 18.9. The van der Waals surface area contributed by atoms with Crippen molar-refractivity contribution in [1.29, 1.82) is 0 Å². The fourth-order valence-corrected chi connectivity index (χ4v) is 15.1. The van der Waals surface area contributed by atoms with Gasteiger partial charge in [0.15, 0.2) is 9.84 Å². The van der Waals surface area contributed by atoms with Crippen LogP contribution in [0.3, 0.4) is 0 Å². The number of carbonyl (C=O) groups is 3. The highest BCUT2D eigenvalue weighted by molar-refractivity contribution is 7.91. The van der Waals surface area contributed by atoms with Crippen LogP contribution in [0.2, 0.25) is 0 Å². The molecule has 0 aromatic heterocycles. The first-order valence-corrected chi connectivity index (χ1v) is 22.1. The van der Waals surface area contributed by atoms with Crippen LogP contribution in [-0.2, 0) is 28.8 Å². The summed E-state index contributed by atoms with van der Waals surface area (Å²) in [5.41, 5.74) is 2.96. The molecular weight excluding hydrogens is 705 g/mol. The van der Waals surface area contributed by atoms with Crippen molar-refractivity contribution in [3.63, 3.8) is 0 Å². The number of ether oxygens (including phenoxy) is 3. The molecule has 4 saturated carbocycles. The zero-order chi connectivity index (χ0) is 38.9. The third-order valence-electron chi connectivity index (χ3n) is 16.6. The van der Waals surface area contributed by atoms with E-state index >= 15 is 0 Å². The molecule has 1 heterocycles. The van der Waals surface area contributed by atoms with Crippen molar-refractivity contribution in [2.45, 2.75) is 97.9 Å². The molecule has 1 aromatic carbocycles. The van der Waals surface area contributed by atoms with Gasteiger partial charge in [-0.25, -0.2) is 18.0 Å². The molecule has 0 radical (unpaired) electrons. The Morgan fingerprint density at radius 2 is 1.54 bits per heavy atom. The van der Waals surface area contributed by atoms with E-state index in [4.69, 9.17) is 14.2 Å². The van der Waals surface area contributed by atoms with E-state index in [9.17, 15) is 22.8 Å². The molecule has 0 amide bonds. The second kappa shape index (κ2) is 14.0. The highest BCUT2D eigenvalue weighted by atomic mass is 32.2. The fourth-order valence-electron chi connectivity index (χ4n) is 13.8. The Morgan fingerprint density at radius 3 is 2.20 bits per heavy atom. The summed E-state index contributed by atoms with van der Waals surface area (Å²) in [7, 11) is -0.296. The van der Waals surface area contributed by atoms with Crippen LogP contribution >= 0.6 is 0 Å². The van der Waals surface area contributed by atoms with Gasteiger partial charge in [0.1, 0.15) is 0 Å². The van der Waals surface area contributed by atoms with E-state index in [-0.39, 0.29) is 56.5 Å². The summed E-state index contributed by atoms with van der Waals surface area (Å²) in [4.78, 5) is 40.4. The van der Waals surface area contributed by atoms with Crippen LogP contribution in [0.5, 0.6) is 0 Å². The molecule has 1 aromatic rings. The molecule has 298 valence electrons. The molecule has 0 spiro atoms. The quantitative estimate of drug-likeness (QED) is 0.231. The Morgan fingerprint density at radius 1 is 0.833 bits per heavy atom. The van der Waals surface area contributed by atoms with E-state index < -0.39 is 27.9 Å². The minimum absolute atomic E-state index is 0.00698. The number of fused-ring (bicyclic) bond motifs is 7. The normalized spacial score (nSPS) is 39.5. The zero-order valence-corrected chi connectivity index (χ0v) is 34.3. The summed E-state index contributed by atoms with van der Waals surface area (Å²) >= 11 is 0. The number of rotatable bonds is 7. The third kappa shape index (κ3) is 6.27. The van der Waals surface area contributed by atoms with Crippen LogP contribution in [0.25, 0.3) is 5.57 Å². The Kier molecular flexibility index (Phi) is 10.2. The van der Waals surface area contributed by atoms with E-state index in [2.05, 4.69) is 63.0 Å². The van der Waals surface area contributed by atoms with Gasteiger partial charge >= 0.3 is 18.1 Å². The fraction of sp³-hybridized carbons (Fsp3) is 0.744. The Balaban J connectivity index is 1.16. The van der Waals surface area contributed by atoms with Crippen molar-refractivity contribution in [3.05, 3.63) is 41.5 Å². The molecule has 7 rings (SSSR count). The van der Waals surface area contributed by atoms with Gasteiger partial charge in [0, 0.05) is 31.7 Å². The highest BCUT2D eigenvalue weighted by Gasteiger charge is 2.71. The minimum Gasteiger partial charge on any atom is -0.465 e. The van der Waals surface area contributed by atoms with Gasteiger partial charge in [-0.3, -0.25) is 4.79 Å². The van der Waals surface area contributed by atoms with Crippen LogP contribution in [0.15, 0.2) is 30.3 Å². The summed E-state index contributed by atoms with van der Waals surface area (Å²) in [6.07, 6.45) is 10.5. The molecule has 11 heteroatoms. The Hall–Kier alpha value is -2.76. The molecule has 6 aliphatic rings. The number of esters is 2. The monoisotopic (exact) mass is 766 g/mol. The van der Waals surface area contributed by atoms with Gasteiger partial charge in [-0.15, -0.1) is 0 Å². The number of carbonyl (C=O) groups excluding carboxylic acids is 3. The number of nitrogens with zero attached hydrogens (tertiary/aromatic N) is 1. The van der Waals surface area contributed by atoms with E-state index in [1.807, 2.05) is 12.1 Å². The van der Waals surface area contributed by atoms with Gasteiger partial charge in [-0.2, -0.15) is 0 Å². The van der Waals surface area contributed by atoms with Crippen molar-refractivity contribution >= 4 is 33.5 Å². The molecule has 0 bridgehead atoms. The van der Waals surface area contributed by atoms with Crippen LogP contribution < -0.4 is 5.32 Å². The lowest BCUT2D eigenvalue weighted by atomic mass is 9.33. The smallest absolute Gasteiger partial charge is 0.465 e. The largest absolute Gasteiger partial charge is 0.515 e. The van der Waals surface area contributed by atoms with Crippen LogP contribution in [0.4, 0.5) is 4.79 Å². The average molecular weight is 767 g/mol. The Labute approximate surface area is 322 Å². The number of hydrogen-bond donors (Lipinski definition) is 1. The first-order chi connectivity index (χ1) is 25.4. The van der Waals surface area contributed by atoms with Crippen LogP contribution in [0, 0.1) is 51.2 Å². The van der Waals surface area contributed by atoms with Crippen molar-refractivity contribution in [2.24, 2.45) is 51.2 Å². The van der Waals surface area contributed by atoms with Gasteiger partial charge in [0.05, 0.1) is 37.2 Å². The highest BCUT2D eigenvalue weighted by Crippen LogP contribution is 2.76. The lowest BCUT2D eigenvalue weighted by Gasteiger charge is -2.72. The molecule has 5 fully saturated rings. The first kappa shape index (κ1) is 39.5. The molecule has 1 N–H and O–H groups in total. The maximum Gasteiger partial charge on any atom is 0.515 e. The molecule has 1 aliphatic heterocycles. The van der Waals surface area contributed by atoms with Gasteiger partial charge in [0.25, 0.3) is 0 Å². The summed E-state index contributed by atoms with van der Waals surface area (Å²) in [5.74, 6) is 0.566. The van der Waals surface area contributed by atoms with E-state index in [0.717, 1.165) is 64.5 Å². The molecule has 1 saturated heterocycles. The van der Waals surface area contributed by atoms with Crippen molar-refractivity contribution in [1.82, 2.24) is 10.2 Å². The van der Waals surface area contributed by atoms with Gasteiger partial charge in [-0.05, 0) is 126 Å². The van der Waals surface area contributed by atoms with Gasteiger partial charge < -0.3 is 24.4 Å². The number of nitrogens with one attached hydrogen (secondary N) is 1. The topological polar surface area (TPSA) is 128 Å². The predicted molar refractivity (Wildman–Crippen MR) is 207 cm³/mol. The maximum atomic E-state index is 13.8. The molecule has 54 heavy (non-hydrogen) atoms. The van der Waals surface area contributed by atoms with Crippen LogP contribution in [0.1, 0.15) is 108 Å². The maximum absolute atomic E-state index is 13.8. The number of hydrogen-bond acceptors (Lipinski definition) is 10. The van der Waals surface area contributed by atoms with Crippen LogP contribution in [-0.4, -0.2) is 88.9 Å². The third-order valence-corrected chi connectivity index (χ3v) is 18.2. The molecular formula is C43H62N2O8S. The van der Waals surface area contributed by atoms with Crippen molar-refractivity contribution in [3.8, 4) is 0 Å². The van der Waals surface area contributed by atoms with E-state index in [1.165, 1.54) is 25.4 Å². The number of benzene rings is 1. The summed E-state index contributed by atoms with van der Waals surface area (Å²) in [5, 5.41) is 4.00. The standard InChI is InChI=1S/C43H62N2O8S/c1-39(2)31(28-8-10-29(11-9-28)36(46)51-6)15-17-40(3)33(39)16-18-42(5)34(40)13-12-32-35-30(37(47)53-38(48)52-7)14-19-43(35,21-20-41(32,42)4)44-22-23-45-24-26-54(49,50)27-25-45/h8-11,15,30,32-35,44H,12-14,16-27H2,1-7H3/t30-,32-,33+,34-,35-,40+,41-,42-,43+/m1/s1. The minimum atomic E-state index is -2.95. The molecule has 5 aliphatic carbocycles. The lowest BCUT2D eigenvalue weighted by Crippen LogP contribution is -2.68. The van der Waals surface area contributed by atoms with Gasteiger partial charge in [0.2, 0.25) is 0 Å². The first-order valence-electron chi connectivity index (χ1n) is 20.3. The average Bonchev–Trinajstić information content (AvgIpc) is 3.52. The summed E-state index contributed by atoms with van der Waals surface area (Å²) < 4.78 is 39.1. The number of allylic oxidation sites excluding steroid dienone is 2. The van der Waals surface area contributed by atoms with E-state index in [0.29, 0.717) is 36.9 Å². The molecule has 10 nitrogen and oxygen atoms in total. The van der Waals surface area contributed by atoms with Gasteiger partial charge in [-0.1, -0.05) is 52.8 Å². The Bertz CT molecular complexity index is 1780. The lowest BCUT2D eigenvalue weighted by molar-refractivity contribution is -0.221. The number of methoxy groups -OCH3 is 2. The summed E-state index contributed by atoms with van der Waals surface area (Å²) in [6, 6.07) is 7.90. The van der Waals surface area contributed by atoms with Crippen molar-refractivity contribution < 1.29 is 37.0 Å². The number of sulfone groups is 1. The molecule has 0 unspecified atom stereocenters. The molecule has 9 atom stereocenters. The van der Waals surface area contributed by atoms with E-state index in [1.54, 1.807) is 0 Å².